The van der Waals surface area contributed by atoms with Gasteiger partial charge in [-0.2, -0.15) is 13.2 Å². The summed E-state index contributed by atoms with van der Waals surface area (Å²) < 4.78 is 42.7. The van der Waals surface area contributed by atoms with Crippen molar-refractivity contribution in [2.24, 2.45) is 0 Å². The molecule has 0 saturated carbocycles. The first-order chi connectivity index (χ1) is 13.7. The number of phenolic OH excluding ortho intramolecular Hbond substituents is 1. The second-order valence-electron chi connectivity index (χ2n) is 5.97. The van der Waals surface area contributed by atoms with E-state index in [-0.39, 0.29) is 22.0 Å². The molecule has 0 aromatic heterocycles. The lowest BCUT2D eigenvalue weighted by Gasteiger charge is -2.14. The van der Waals surface area contributed by atoms with Crippen LogP contribution < -0.4 is 15.4 Å². The lowest BCUT2D eigenvalue weighted by Crippen LogP contribution is -2.29. The number of ether oxygens (including phenoxy) is 1. The van der Waals surface area contributed by atoms with Crippen molar-refractivity contribution in [3.05, 3.63) is 60.2 Å². The Morgan fingerprint density at radius 2 is 1.59 bits per heavy atom. The van der Waals surface area contributed by atoms with E-state index in [1.165, 1.54) is 37.4 Å². The van der Waals surface area contributed by atoms with E-state index < -0.39 is 23.7 Å². The smallest absolute Gasteiger partial charge is 0.471 e. The van der Waals surface area contributed by atoms with Gasteiger partial charge in [0.2, 0.25) is 0 Å². The van der Waals surface area contributed by atoms with Gasteiger partial charge in [-0.3, -0.25) is 9.59 Å². The molecule has 0 aliphatic heterocycles. The fraction of sp³-hybridized carbons (Fsp3) is 0.100. The number of hydrogen-bond acceptors (Lipinski definition) is 4. The Labute approximate surface area is 162 Å². The van der Waals surface area contributed by atoms with Crippen LogP contribution in [0, 0.1) is 0 Å². The Morgan fingerprint density at radius 3 is 2.28 bits per heavy atom. The molecular weight excluding hydrogens is 389 g/mol. The standard InChI is InChI=1S/C20H15F3N2O4/c1-29-16-8-3-2-6-15(16)24-18(27)13-10-9-11-12(17(13)26)5-4-7-14(11)25-19(28)20(21,22)23/h2-10,26H,1H3,(H,24,27)(H,25,28). The molecule has 0 fully saturated rings. The van der Waals surface area contributed by atoms with Crippen molar-refractivity contribution in [2.75, 3.05) is 17.7 Å². The Bertz CT molecular complexity index is 1100. The van der Waals surface area contributed by atoms with Gasteiger partial charge in [-0.05, 0) is 24.3 Å². The molecule has 0 aliphatic rings. The Morgan fingerprint density at radius 1 is 0.897 bits per heavy atom. The zero-order valence-electron chi connectivity index (χ0n) is 15.0. The van der Waals surface area contributed by atoms with Gasteiger partial charge >= 0.3 is 12.1 Å². The molecule has 0 aliphatic carbocycles. The molecular formula is C20H15F3N2O4. The number of amides is 2. The van der Waals surface area contributed by atoms with Gasteiger partial charge in [0.05, 0.1) is 18.4 Å². The van der Waals surface area contributed by atoms with Crippen molar-refractivity contribution in [3.63, 3.8) is 0 Å². The molecule has 3 N–H and O–H groups in total. The number of para-hydroxylation sites is 2. The van der Waals surface area contributed by atoms with Gasteiger partial charge in [0.1, 0.15) is 11.5 Å². The van der Waals surface area contributed by atoms with Gasteiger partial charge in [-0.1, -0.05) is 30.3 Å². The fourth-order valence-electron chi connectivity index (χ4n) is 2.76. The van der Waals surface area contributed by atoms with Gasteiger partial charge < -0.3 is 20.5 Å². The average molecular weight is 404 g/mol. The van der Waals surface area contributed by atoms with Gasteiger partial charge in [-0.25, -0.2) is 0 Å². The lowest BCUT2D eigenvalue weighted by atomic mass is 10.0. The van der Waals surface area contributed by atoms with E-state index in [1.807, 2.05) is 0 Å². The molecule has 0 spiro atoms. The number of aromatic hydroxyl groups is 1. The van der Waals surface area contributed by atoms with Crippen LogP contribution in [0.2, 0.25) is 0 Å². The first-order valence-corrected chi connectivity index (χ1v) is 8.29. The molecule has 0 unspecified atom stereocenters. The number of carbonyl (C=O) groups excluding carboxylic acids is 2. The average Bonchev–Trinajstić information content (AvgIpc) is 2.68. The SMILES string of the molecule is COc1ccccc1NC(=O)c1ccc2c(NC(=O)C(F)(F)F)cccc2c1O. The molecule has 9 heteroatoms. The summed E-state index contributed by atoms with van der Waals surface area (Å²) in [5, 5.41) is 15.1. The molecule has 0 atom stereocenters. The third kappa shape index (κ3) is 4.08. The van der Waals surface area contributed by atoms with Crippen molar-refractivity contribution in [1.29, 1.82) is 0 Å². The summed E-state index contributed by atoms with van der Waals surface area (Å²) in [5.74, 6) is -2.79. The fourth-order valence-corrected chi connectivity index (χ4v) is 2.76. The Kier molecular flexibility index (Phi) is 5.31. The number of benzene rings is 3. The predicted octanol–water partition coefficient (Wildman–Crippen LogP) is 4.31. The summed E-state index contributed by atoms with van der Waals surface area (Å²) >= 11 is 0. The van der Waals surface area contributed by atoms with Crippen LogP contribution in [0.3, 0.4) is 0 Å². The Hall–Kier alpha value is -3.75. The van der Waals surface area contributed by atoms with Crippen molar-refractivity contribution < 1.29 is 32.6 Å². The summed E-state index contributed by atoms with van der Waals surface area (Å²) in [6, 6.07) is 13.3. The highest BCUT2D eigenvalue weighted by Gasteiger charge is 2.38. The molecule has 0 bridgehead atoms. The normalized spacial score (nSPS) is 11.2. The van der Waals surface area contributed by atoms with Crippen molar-refractivity contribution in [1.82, 2.24) is 0 Å². The van der Waals surface area contributed by atoms with Crippen LogP contribution in [0.25, 0.3) is 10.8 Å². The summed E-state index contributed by atoms with van der Waals surface area (Å²) in [6.45, 7) is 0. The monoisotopic (exact) mass is 404 g/mol. The number of nitrogens with one attached hydrogen (secondary N) is 2. The molecule has 150 valence electrons. The summed E-state index contributed by atoms with van der Waals surface area (Å²) in [6.07, 6.45) is -5.06. The minimum Gasteiger partial charge on any atom is -0.506 e. The Balaban J connectivity index is 1.96. The minimum atomic E-state index is -5.06. The molecule has 29 heavy (non-hydrogen) atoms. The minimum absolute atomic E-state index is 0.0947. The van der Waals surface area contributed by atoms with Crippen LogP contribution in [0.5, 0.6) is 11.5 Å². The molecule has 3 aromatic carbocycles. The van der Waals surface area contributed by atoms with E-state index >= 15 is 0 Å². The van der Waals surface area contributed by atoms with Crippen molar-refractivity contribution in [3.8, 4) is 11.5 Å². The molecule has 3 rings (SSSR count). The number of rotatable bonds is 4. The second kappa shape index (κ2) is 7.70. The number of alkyl halides is 3. The highest BCUT2D eigenvalue weighted by Crippen LogP contribution is 2.34. The van der Waals surface area contributed by atoms with Crippen LogP contribution in [0.4, 0.5) is 24.5 Å². The highest BCUT2D eigenvalue weighted by molar-refractivity contribution is 6.13. The first kappa shape index (κ1) is 20.0. The van der Waals surface area contributed by atoms with Crippen LogP contribution in [0.1, 0.15) is 10.4 Å². The number of carbonyl (C=O) groups is 2. The van der Waals surface area contributed by atoms with Crippen LogP contribution in [-0.2, 0) is 4.79 Å². The largest absolute Gasteiger partial charge is 0.506 e. The van der Waals surface area contributed by atoms with E-state index in [9.17, 15) is 27.9 Å². The van der Waals surface area contributed by atoms with E-state index in [4.69, 9.17) is 4.74 Å². The number of hydrogen-bond donors (Lipinski definition) is 3. The number of anilines is 2. The number of methoxy groups -OCH3 is 1. The molecule has 0 saturated heterocycles. The van der Waals surface area contributed by atoms with E-state index in [0.717, 1.165) is 0 Å². The van der Waals surface area contributed by atoms with E-state index in [1.54, 1.807) is 29.6 Å². The maximum Gasteiger partial charge on any atom is 0.471 e. The number of halogens is 3. The van der Waals surface area contributed by atoms with Crippen LogP contribution in [-0.4, -0.2) is 30.2 Å². The second-order valence-corrected chi connectivity index (χ2v) is 5.97. The third-order valence-electron chi connectivity index (χ3n) is 4.14. The van der Waals surface area contributed by atoms with Crippen molar-refractivity contribution >= 4 is 34.0 Å². The van der Waals surface area contributed by atoms with Gasteiger partial charge in [0, 0.05) is 16.5 Å². The van der Waals surface area contributed by atoms with Crippen molar-refractivity contribution in [2.45, 2.75) is 6.18 Å². The van der Waals surface area contributed by atoms with Crippen LogP contribution >= 0.6 is 0 Å². The zero-order valence-corrected chi connectivity index (χ0v) is 15.0. The van der Waals surface area contributed by atoms with Gasteiger partial charge in [-0.15, -0.1) is 0 Å². The van der Waals surface area contributed by atoms with Crippen LogP contribution in [0.15, 0.2) is 54.6 Å². The summed E-state index contributed by atoms with van der Waals surface area (Å²) in [5.41, 5.74) is 0.144. The summed E-state index contributed by atoms with van der Waals surface area (Å²) in [4.78, 5) is 23.8. The highest BCUT2D eigenvalue weighted by atomic mass is 19.4. The predicted molar refractivity (Wildman–Crippen MR) is 101 cm³/mol. The first-order valence-electron chi connectivity index (χ1n) is 8.29. The molecule has 3 aromatic rings. The maximum absolute atomic E-state index is 12.6. The molecule has 0 radical (unpaired) electrons. The third-order valence-corrected chi connectivity index (χ3v) is 4.14. The van der Waals surface area contributed by atoms with E-state index in [2.05, 4.69) is 5.32 Å². The summed E-state index contributed by atoms with van der Waals surface area (Å²) in [7, 11) is 1.44. The number of phenols is 1. The molecule has 6 nitrogen and oxygen atoms in total. The van der Waals surface area contributed by atoms with E-state index in [0.29, 0.717) is 11.4 Å². The topological polar surface area (TPSA) is 87.7 Å². The molecule has 0 heterocycles. The maximum atomic E-state index is 12.6. The van der Waals surface area contributed by atoms with Gasteiger partial charge in [0.15, 0.2) is 0 Å². The zero-order chi connectivity index (χ0) is 21.2. The number of fused-ring (bicyclic) bond motifs is 1. The lowest BCUT2D eigenvalue weighted by molar-refractivity contribution is -0.167. The molecule has 2 amide bonds. The van der Waals surface area contributed by atoms with Gasteiger partial charge in [0.25, 0.3) is 5.91 Å². The quantitative estimate of drug-likeness (QED) is 0.605.